The van der Waals surface area contributed by atoms with Gasteiger partial charge in [-0.2, -0.15) is 0 Å². The maximum absolute atomic E-state index is 12.1. The molecule has 1 fully saturated rings. The van der Waals surface area contributed by atoms with E-state index in [1.165, 1.54) is 12.1 Å². The van der Waals surface area contributed by atoms with E-state index in [1.807, 2.05) is 4.90 Å². The Morgan fingerprint density at radius 3 is 2.62 bits per heavy atom. The molecule has 1 saturated heterocycles. The number of aliphatic hydroxyl groups is 1. The Hall–Kier alpha value is -0.520. The fraction of sp³-hybridized carbons (Fsp3) is 0.500. The van der Waals surface area contributed by atoms with Crippen LogP contribution in [0.25, 0.3) is 0 Å². The van der Waals surface area contributed by atoms with Crippen LogP contribution in [0.15, 0.2) is 12.1 Å². The normalized spacial score (nSPS) is 19.5. The van der Waals surface area contributed by atoms with Gasteiger partial charge in [-0.3, -0.25) is 9.69 Å². The molecule has 0 aliphatic carbocycles. The number of anilines is 1. The Bertz CT molecular complexity index is 502. The largest absolute Gasteiger partial charge is 0.396 e. The second-order valence-electron chi connectivity index (χ2n) is 5.22. The number of benzene rings is 1. The number of amides is 1. The van der Waals surface area contributed by atoms with Gasteiger partial charge in [0, 0.05) is 18.2 Å². The average molecular weight is 352 g/mol. The zero-order valence-electron chi connectivity index (χ0n) is 11.4. The lowest BCUT2D eigenvalue weighted by Gasteiger charge is -2.31. The van der Waals surface area contributed by atoms with E-state index in [4.69, 9.17) is 34.8 Å². The van der Waals surface area contributed by atoms with Gasteiger partial charge < -0.3 is 10.4 Å². The second kappa shape index (κ2) is 7.65. The summed E-state index contributed by atoms with van der Waals surface area (Å²) in [6.45, 7) is 2.00. The van der Waals surface area contributed by atoms with Gasteiger partial charge in [0.15, 0.2) is 0 Å². The molecule has 0 aromatic heterocycles. The Kier molecular flexibility index (Phi) is 6.14. The van der Waals surface area contributed by atoms with Crippen LogP contribution in [0.4, 0.5) is 5.69 Å². The summed E-state index contributed by atoms with van der Waals surface area (Å²) in [5, 5.41) is 13.0. The zero-order chi connectivity index (χ0) is 15.4. The van der Waals surface area contributed by atoms with Crippen LogP contribution in [0.5, 0.6) is 0 Å². The maximum atomic E-state index is 12.1. The summed E-state index contributed by atoms with van der Waals surface area (Å²) in [6, 6.07) is 3.07. The molecule has 1 heterocycles. The number of nitrogens with zero attached hydrogens (tertiary/aromatic N) is 1. The lowest BCUT2D eigenvalue weighted by atomic mass is 9.99. The Morgan fingerprint density at radius 1 is 1.33 bits per heavy atom. The van der Waals surface area contributed by atoms with Crippen molar-refractivity contribution in [2.45, 2.75) is 12.8 Å². The topological polar surface area (TPSA) is 52.6 Å². The molecule has 1 aromatic carbocycles. The fourth-order valence-corrected chi connectivity index (χ4v) is 3.40. The third kappa shape index (κ3) is 4.73. The van der Waals surface area contributed by atoms with Gasteiger partial charge in [-0.25, -0.2) is 0 Å². The van der Waals surface area contributed by atoms with Gasteiger partial charge in [0.05, 0.1) is 22.3 Å². The van der Waals surface area contributed by atoms with E-state index in [1.54, 1.807) is 0 Å². The van der Waals surface area contributed by atoms with Crippen LogP contribution in [0, 0.1) is 5.92 Å². The van der Waals surface area contributed by atoms with Crippen LogP contribution in [0.2, 0.25) is 15.1 Å². The molecule has 0 saturated carbocycles. The molecule has 1 unspecified atom stereocenters. The van der Waals surface area contributed by atoms with Gasteiger partial charge in [-0.1, -0.05) is 34.8 Å². The molecular weight excluding hydrogens is 335 g/mol. The first kappa shape index (κ1) is 16.8. The molecule has 1 atom stereocenters. The monoisotopic (exact) mass is 350 g/mol. The van der Waals surface area contributed by atoms with Crippen LogP contribution >= 0.6 is 34.8 Å². The van der Waals surface area contributed by atoms with Crippen molar-refractivity contribution in [3.63, 3.8) is 0 Å². The number of nitrogens with one attached hydrogen (secondary N) is 1. The Balaban J connectivity index is 1.96. The third-order valence-electron chi connectivity index (χ3n) is 3.50. The van der Waals surface area contributed by atoms with Crippen LogP contribution in [0.3, 0.4) is 0 Å². The first-order chi connectivity index (χ1) is 9.99. The van der Waals surface area contributed by atoms with Crippen molar-refractivity contribution in [3.8, 4) is 0 Å². The minimum atomic E-state index is -0.181. The second-order valence-corrected chi connectivity index (χ2v) is 6.47. The van der Waals surface area contributed by atoms with Crippen LogP contribution in [-0.4, -0.2) is 42.2 Å². The smallest absolute Gasteiger partial charge is 0.238 e. The molecule has 21 heavy (non-hydrogen) atoms. The zero-order valence-corrected chi connectivity index (χ0v) is 13.7. The van der Waals surface area contributed by atoms with Crippen molar-refractivity contribution in [2.24, 2.45) is 5.92 Å². The van der Waals surface area contributed by atoms with E-state index in [0.717, 1.165) is 25.9 Å². The van der Waals surface area contributed by atoms with Gasteiger partial charge in [-0.15, -0.1) is 0 Å². The number of likely N-dealkylation sites (tertiary alicyclic amines) is 1. The number of carbonyl (C=O) groups excluding carboxylic acids is 1. The molecule has 0 radical (unpaired) electrons. The molecular formula is C14H17Cl3N2O2. The van der Waals surface area contributed by atoms with Crippen molar-refractivity contribution in [3.05, 3.63) is 27.2 Å². The molecule has 1 aromatic rings. The third-order valence-corrected chi connectivity index (χ3v) is 4.31. The van der Waals surface area contributed by atoms with E-state index in [-0.39, 0.29) is 25.0 Å². The van der Waals surface area contributed by atoms with E-state index in [9.17, 15) is 9.90 Å². The number of rotatable bonds is 4. The summed E-state index contributed by atoms with van der Waals surface area (Å²) in [5.74, 6) is 0.0639. The maximum Gasteiger partial charge on any atom is 0.238 e. The quantitative estimate of drug-likeness (QED) is 0.875. The van der Waals surface area contributed by atoms with Gasteiger partial charge in [0.1, 0.15) is 0 Å². The molecule has 0 bridgehead atoms. The minimum absolute atomic E-state index is 0.160. The van der Waals surface area contributed by atoms with Crippen LogP contribution in [-0.2, 0) is 4.79 Å². The highest BCUT2D eigenvalue weighted by atomic mass is 35.5. The lowest BCUT2D eigenvalue weighted by Crippen LogP contribution is -2.41. The van der Waals surface area contributed by atoms with Crippen LogP contribution in [0.1, 0.15) is 12.8 Å². The van der Waals surface area contributed by atoms with Gasteiger partial charge in [0.2, 0.25) is 5.91 Å². The fourth-order valence-electron chi connectivity index (χ4n) is 2.49. The van der Waals surface area contributed by atoms with Crippen LogP contribution < -0.4 is 5.32 Å². The molecule has 1 amide bonds. The highest BCUT2D eigenvalue weighted by Gasteiger charge is 2.21. The summed E-state index contributed by atoms with van der Waals surface area (Å²) < 4.78 is 0. The molecule has 0 spiro atoms. The number of halogens is 3. The predicted molar refractivity (Wildman–Crippen MR) is 86.4 cm³/mol. The first-order valence-corrected chi connectivity index (χ1v) is 7.90. The van der Waals surface area contributed by atoms with E-state index < -0.39 is 0 Å². The number of aliphatic hydroxyl groups excluding tert-OH is 1. The SMILES string of the molecule is O=C(CN1CCCC(CO)C1)Nc1c(Cl)cc(Cl)cc1Cl. The number of hydrogen-bond acceptors (Lipinski definition) is 3. The van der Waals surface area contributed by atoms with Crippen molar-refractivity contribution < 1.29 is 9.90 Å². The summed E-state index contributed by atoms with van der Waals surface area (Å²) in [5.41, 5.74) is 0.378. The molecule has 116 valence electrons. The summed E-state index contributed by atoms with van der Waals surface area (Å²) in [4.78, 5) is 14.1. The minimum Gasteiger partial charge on any atom is -0.396 e. The molecule has 1 aliphatic heterocycles. The van der Waals surface area contributed by atoms with Crippen molar-refractivity contribution >= 4 is 46.4 Å². The Labute approximate surface area is 139 Å². The van der Waals surface area contributed by atoms with Gasteiger partial charge in [-0.05, 0) is 37.4 Å². The standard InChI is InChI=1S/C14H17Cl3N2O2/c15-10-4-11(16)14(12(17)5-10)18-13(21)7-19-3-1-2-9(6-19)8-20/h4-5,9,20H,1-3,6-8H2,(H,18,21). The summed E-state index contributed by atoms with van der Waals surface area (Å²) in [6.07, 6.45) is 1.99. The lowest BCUT2D eigenvalue weighted by molar-refractivity contribution is -0.117. The highest BCUT2D eigenvalue weighted by Crippen LogP contribution is 2.33. The molecule has 2 N–H and O–H groups in total. The summed E-state index contributed by atoms with van der Waals surface area (Å²) >= 11 is 17.9. The number of carbonyl (C=O) groups is 1. The first-order valence-electron chi connectivity index (χ1n) is 6.77. The van der Waals surface area contributed by atoms with E-state index in [2.05, 4.69) is 5.32 Å². The van der Waals surface area contributed by atoms with E-state index in [0.29, 0.717) is 20.8 Å². The van der Waals surface area contributed by atoms with Crippen molar-refractivity contribution in [1.29, 1.82) is 0 Å². The van der Waals surface area contributed by atoms with Crippen molar-refractivity contribution in [1.82, 2.24) is 4.90 Å². The van der Waals surface area contributed by atoms with E-state index >= 15 is 0 Å². The highest BCUT2D eigenvalue weighted by molar-refractivity contribution is 6.42. The number of hydrogen-bond donors (Lipinski definition) is 2. The molecule has 2 rings (SSSR count). The number of piperidine rings is 1. The molecule has 1 aliphatic rings. The average Bonchev–Trinajstić information content (AvgIpc) is 2.43. The van der Waals surface area contributed by atoms with Gasteiger partial charge in [0.25, 0.3) is 0 Å². The van der Waals surface area contributed by atoms with Crippen molar-refractivity contribution in [2.75, 3.05) is 31.6 Å². The molecule has 4 nitrogen and oxygen atoms in total. The predicted octanol–water partition coefficient (Wildman–Crippen LogP) is 3.29. The summed E-state index contributed by atoms with van der Waals surface area (Å²) in [7, 11) is 0. The van der Waals surface area contributed by atoms with Gasteiger partial charge >= 0.3 is 0 Å². The molecule has 7 heteroatoms. The Morgan fingerprint density at radius 2 is 2.00 bits per heavy atom.